The molecule has 2 amide bonds. The highest BCUT2D eigenvalue weighted by Crippen LogP contribution is 2.38. The summed E-state index contributed by atoms with van der Waals surface area (Å²) in [7, 11) is 0. The van der Waals surface area contributed by atoms with Crippen molar-refractivity contribution in [3.05, 3.63) is 128 Å². The minimum Gasteiger partial charge on any atom is -0.451 e. The van der Waals surface area contributed by atoms with E-state index >= 15 is 0 Å². The zero-order chi connectivity index (χ0) is 32.2. The van der Waals surface area contributed by atoms with E-state index in [-0.39, 0.29) is 29.1 Å². The van der Waals surface area contributed by atoms with Crippen molar-refractivity contribution in [2.24, 2.45) is 0 Å². The van der Waals surface area contributed by atoms with Gasteiger partial charge in [0, 0.05) is 30.6 Å². The van der Waals surface area contributed by atoms with Gasteiger partial charge in [-0.3, -0.25) is 14.4 Å². The molecule has 1 saturated heterocycles. The highest BCUT2D eigenvalue weighted by Gasteiger charge is 2.25. The van der Waals surface area contributed by atoms with E-state index in [0.717, 1.165) is 49.8 Å². The molecule has 4 aromatic rings. The lowest BCUT2D eigenvalue weighted by Crippen LogP contribution is -2.36. The van der Waals surface area contributed by atoms with E-state index in [1.807, 2.05) is 41.3 Å². The number of benzene rings is 3. The van der Waals surface area contributed by atoms with Gasteiger partial charge in [0.2, 0.25) is 5.91 Å². The summed E-state index contributed by atoms with van der Waals surface area (Å²) in [5.41, 5.74) is 6.18. The van der Waals surface area contributed by atoms with Gasteiger partial charge in [-0.2, -0.15) is 0 Å². The number of allylic oxidation sites excluding steroid dienone is 1. The van der Waals surface area contributed by atoms with Crippen molar-refractivity contribution in [2.75, 3.05) is 6.54 Å². The number of carbonyl (C=O) groups excluding carboxylic acids is 2. The number of amides is 2. The van der Waals surface area contributed by atoms with Gasteiger partial charge in [-0.15, -0.1) is 0 Å². The molecule has 3 aromatic carbocycles. The second-order valence-corrected chi connectivity index (χ2v) is 13.4. The van der Waals surface area contributed by atoms with E-state index < -0.39 is 5.91 Å². The first-order valence-corrected chi connectivity index (χ1v) is 16.8. The van der Waals surface area contributed by atoms with Gasteiger partial charge >= 0.3 is 0 Å². The number of nitrogens with one attached hydrogen (secondary N) is 1. The van der Waals surface area contributed by atoms with Crippen molar-refractivity contribution < 1.29 is 14.0 Å². The van der Waals surface area contributed by atoms with E-state index in [1.54, 1.807) is 6.07 Å². The Labute approximate surface area is 275 Å². The molecule has 0 radical (unpaired) electrons. The number of likely N-dealkylation sites (tertiary alicyclic amines) is 1. The van der Waals surface area contributed by atoms with Crippen molar-refractivity contribution in [3.63, 3.8) is 0 Å². The molecule has 238 valence electrons. The summed E-state index contributed by atoms with van der Waals surface area (Å²) in [6.07, 6.45) is 8.24. The number of halogens is 1. The van der Waals surface area contributed by atoms with E-state index in [9.17, 15) is 14.4 Å². The number of nitrogens with zero attached hydrogens (tertiary/aromatic N) is 1. The van der Waals surface area contributed by atoms with E-state index in [0.29, 0.717) is 41.3 Å². The maximum Gasteiger partial charge on any atom is 0.287 e. The Morgan fingerprint density at radius 1 is 1.00 bits per heavy atom. The highest BCUT2D eigenvalue weighted by molar-refractivity contribution is 6.30. The van der Waals surface area contributed by atoms with Crippen molar-refractivity contribution in [2.45, 2.75) is 83.2 Å². The van der Waals surface area contributed by atoms with E-state index in [4.69, 9.17) is 16.0 Å². The number of hydrogen-bond acceptors (Lipinski definition) is 4. The average Bonchev–Trinajstić information content (AvgIpc) is 3.46. The zero-order valence-electron chi connectivity index (χ0n) is 26.6. The zero-order valence-corrected chi connectivity index (χ0v) is 27.3. The quantitative estimate of drug-likeness (QED) is 0.187. The maximum atomic E-state index is 13.5. The third-order valence-corrected chi connectivity index (χ3v) is 9.67. The minimum absolute atomic E-state index is 0.00565. The molecular weight excluding hydrogens is 596 g/mol. The molecule has 2 fully saturated rings. The number of rotatable bonds is 9. The van der Waals surface area contributed by atoms with Gasteiger partial charge in [-0.1, -0.05) is 79.6 Å². The van der Waals surface area contributed by atoms with Crippen LogP contribution in [0, 0.1) is 0 Å². The van der Waals surface area contributed by atoms with Crippen LogP contribution in [-0.4, -0.2) is 29.3 Å². The molecular formula is C39H41ClN2O4. The maximum absolute atomic E-state index is 13.5. The Morgan fingerprint density at radius 3 is 2.48 bits per heavy atom. The molecule has 1 atom stereocenters. The van der Waals surface area contributed by atoms with Crippen LogP contribution in [0.3, 0.4) is 0 Å². The summed E-state index contributed by atoms with van der Waals surface area (Å²) in [4.78, 5) is 40.8. The molecule has 1 aliphatic heterocycles. The van der Waals surface area contributed by atoms with Crippen LogP contribution >= 0.6 is 11.6 Å². The van der Waals surface area contributed by atoms with Crippen LogP contribution in [0.2, 0.25) is 5.02 Å². The summed E-state index contributed by atoms with van der Waals surface area (Å²) in [6, 6.07) is 22.8. The number of carbonyl (C=O) groups is 2. The predicted molar refractivity (Wildman–Crippen MR) is 183 cm³/mol. The molecule has 6 nitrogen and oxygen atoms in total. The molecule has 0 bridgehead atoms. The monoisotopic (exact) mass is 636 g/mol. The lowest BCUT2D eigenvalue weighted by atomic mass is 9.79. The Hall–Kier alpha value is -4.16. The third kappa shape index (κ3) is 7.45. The van der Waals surface area contributed by atoms with Crippen LogP contribution in [0.25, 0.3) is 11.0 Å². The minimum atomic E-state index is -0.415. The van der Waals surface area contributed by atoms with Crippen LogP contribution in [-0.2, 0) is 17.8 Å². The van der Waals surface area contributed by atoms with Gasteiger partial charge in [0.15, 0.2) is 11.2 Å². The van der Waals surface area contributed by atoms with Gasteiger partial charge in [0.05, 0.1) is 11.4 Å². The fourth-order valence-electron chi connectivity index (χ4n) is 6.81. The first-order valence-electron chi connectivity index (χ1n) is 16.4. The third-order valence-electron chi connectivity index (χ3n) is 9.42. The molecule has 1 aromatic heterocycles. The molecule has 7 heteroatoms. The van der Waals surface area contributed by atoms with E-state index in [2.05, 4.69) is 49.5 Å². The van der Waals surface area contributed by atoms with Gasteiger partial charge in [-0.25, -0.2) is 0 Å². The van der Waals surface area contributed by atoms with Gasteiger partial charge in [0.1, 0.15) is 5.58 Å². The second kappa shape index (κ2) is 14.1. The second-order valence-electron chi connectivity index (χ2n) is 13.0. The molecule has 2 aliphatic rings. The van der Waals surface area contributed by atoms with Gasteiger partial charge < -0.3 is 14.6 Å². The summed E-state index contributed by atoms with van der Waals surface area (Å²) in [5.74, 6) is 0.547. The molecule has 1 N–H and O–H groups in total. The molecule has 2 heterocycles. The number of fused-ring (bicyclic) bond motifs is 1. The standard InChI is InChI=1S/C39H41ClN2O4/c1-25(2)29-15-18-36-34(22-29)35(43)23-37(46-36)39(45)41-32(21-27-11-16-31(40)17-12-27)20-26-9-13-28(14-10-26)33-7-4-3-6-30(33)24-42-19-5-8-38(42)44/h3-4,6-7,11-12,15-18,20,22-23,25,28,32H,5,8-10,13-14,19,21,24H2,1-2H3,(H,41,45)/t28?,32-/m0/s1. The molecule has 1 aliphatic carbocycles. The summed E-state index contributed by atoms with van der Waals surface area (Å²) < 4.78 is 5.95. The lowest BCUT2D eigenvalue weighted by molar-refractivity contribution is -0.128. The van der Waals surface area contributed by atoms with Crippen LogP contribution in [0.4, 0.5) is 0 Å². The number of hydrogen-bond donors (Lipinski definition) is 1. The molecule has 46 heavy (non-hydrogen) atoms. The summed E-state index contributed by atoms with van der Waals surface area (Å²) in [6.45, 7) is 5.68. The first-order chi connectivity index (χ1) is 22.2. The van der Waals surface area contributed by atoms with E-state index in [1.165, 1.54) is 22.8 Å². The van der Waals surface area contributed by atoms with Gasteiger partial charge in [0.25, 0.3) is 5.91 Å². The molecule has 0 unspecified atom stereocenters. The normalized spacial score (nSPS) is 17.5. The summed E-state index contributed by atoms with van der Waals surface area (Å²) in [5, 5.41) is 4.28. The van der Waals surface area contributed by atoms with Crippen molar-refractivity contribution >= 4 is 34.4 Å². The highest BCUT2D eigenvalue weighted by atomic mass is 35.5. The van der Waals surface area contributed by atoms with Crippen molar-refractivity contribution in [3.8, 4) is 0 Å². The van der Waals surface area contributed by atoms with Crippen molar-refractivity contribution in [1.82, 2.24) is 10.2 Å². The lowest BCUT2D eigenvalue weighted by Gasteiger charge is -2.28. The summed E-state index contributed by atoms with van der Waals surface area (Å²) >= 11 is 6.14. The Balaban J connectivity index is 1.19. The Kier molecular flexibility index (Phi) is 9.74. The largest absolute Gasteiger partial charge is 0.451 e. The first kappa shape index (κ1) is 31.8. The van der Waals surface area contributed by atoms with Crippen molar-refractivity contribution in [1.29, 1.82) is 0 Å². The Morgan fingerprint density at radius 2 is 1.76 bits per heavy atom. The average molecular weight is 637 g/mol. The van der Waals surface area contributed by atoms with Crippen LogP contribution in [0.15, 0.2) is 93.7 Å². The Bertz CT molecular complexity index is 1810. The molecule has 1 saturated carbocycles. The SMILES string of the molecule is CC(C)c1ccc2oc(C(=O)N[C@@H](C=C3CCC(c4ccccc4CN4CCCC4=O)CC3)Cc3ccc(Cl)cc3)cc(=O)c2c1. The topological polar surface area (TPSA) is 79.6 Å². The molecule has 0 spiro atoms. The van der Waals surface area contributed by atoms with Crippen LogP contribution in [0.1, 0.15) is 97.0 Å². The fraction of sp³-hybridized carbons (Fsp3) is 0.359. The smallest absolute Gasteiger partial charge is 0.287 e. The van der Waals surface area contributed by atoms with Gasteiger partial charge in [-0.05, 0) is 96.9 Å². The molecule has 6 rings (SSSR count). The van der Waals surface area contributed by atoms with Crippen LogP contribution < -0.4 is 10.7 Å². The fourth-order valence-corrected chi connectivity index (χ4v) is 6.94. The van der Waals surface area contributed by atoms with Crippen LogP contribution in [0.5, 0.6) is 0 Å². The predicted octanol–water partition coefficient (Wildman–Crippen LogP) is 8.32.